The second-order valence-electron chi connectivity index (χ2n) is 7.54. The number of hydrogen-bond acceptors (Lipinski definition) is 3. The number of rotatable bonds is 4. The highest BCUT2D eigenvalue weighted by Crippen LogP contribution is 2.38. The maximum absolute atomic E-state index is 12.7. The van der Waals surface area contributed by atoms with Crippen molar-refractivity contribution in [2.75, 3.05) is 5.32 Å². The topological polar surface area (TPSA) is 70.7 Å². The summed E-state index contributed by atoms with van der Waals surface area (Å²) < 4.78 is 0. The van der Waals surface area contributed by atoms with Crippen LogP contribution in [-0.4, -0.2) is 21.1 Å². The highest BCUT2D eigenvalue weighted by Gasteiger charge is 2.27. The average Bonchev–Trinajstić information content (AvgIpc) is 3.44. The van der Waals surface area contributed by atoms with Crippen molar-refractivity contribution in [2.24, 2.45) is 0 Å². The first-order valence-corrected chi connectivity index (χ1v) is 9.72. The Kier molecular flexibility index (Phi) is 4.00. The minimum Gasteiger partial charge on any atom is -0.322 e. The average molecular weight is 358 g/mol. The maximum Gasteiger partial charge on any atom is 0.255 e. The summed E-state index contributed by atoms with van der Waals surface area (Å²) in [5.74, 6) is 2.11. The van der Waals surface area contributed by atoms with E-state index in [1.807, 2.05) is 36.4 Å². The number of nitrogens with zero attached hydrogens (tertiary/aromatic N) is 2. The lowest BCUT2D eigenvalue weighted by atomic mass is 9.90. The summed E-state index contributed by atoms with van der Waals surface area (Å²) in [4.78, 5) is 17.3. The molecule has 2 aliphatic carbocycles. The van der Waals surface area contributed by atoms with Gasteiger partial charge in [0.1, 0.15) is 5.82 Å². The second-order valence-corrected chi connectivity index (χ2v) is 7.54. The number of hydrogen-bond donors (Lipinski definition) is 2. The zero-order chi connectivity index (χ0) is 18.2. The first-order chi connectivity index (χ1) is 13.3. The molecular formula is C22H22N4O. The van der Waals surface area contributed by atoms with E-state index in [0.717, 1.165) is 35.5 Å². The molecule has 1 heterocycles. The number of carbonyl (C=O) groups is 1. The van der Waals surface area contributed by atoms with Gasteiger partial charge in [-0.05, 0) is 73.9 Å². The van der Waals surface area contributed by atoms with Crippen molar-refractivity contribution in [1.29, 1.82) is 0 Å². The number of fused-ring (bicyclic) bond motifs is 1. The molecule has 5 nitrogen and oxygen atoms in total. The molecule has 5 heteroatoms. The Hall–Kier alpha value is -2.95. The summed E-state index contributed by atoms with van der Waals surface area (Å²) in [5, 5.41) is 10.4. The van der Waals surface area contributed by atoms with Crippen LogP contribution in [0.5, 0.6) is 0 Å². The predicted molar refractivity (Wildman–Crippen MR) is 105 cm³/mol. The number of nitrogens with one attached hydrogen (secondary N) is 2. The molecule has 0 aliphatic heterocycles. The zero-order valence-electron chi connectivity index (χ0n) is 15.2. The number of aromatic nitrogens is 3. The van der Waals surface area contributed by atoms with E-state index in [9.17, 15) is 4.79 Å². The lowest BCUT2D eigenvalue weighted by Gasteiger charge is -2.16. The van der Waals surface area contributed by atoms with Gasteiger partial charge in [-0.1, -0.05) is 18.2 Å². The molecule has 0 unspecified atom stereocenters. The van der Waals surface area contributed by atoms with Crippen LogP contribution in [-0.2, 0) is 12.8 Å². The number of carbonyl (C=O) groups excluding carboxylic acids is 1. The molecule has 0 bridgehead atoms. The van der Waals surface area contributed by atoms with Gasteiger partial charge >= 0.3 is 0 Å². The van der Waals surface area contributed by atoms with Gasteiger partial charge < -0.3 is 5.32 Å². The van der Waals surface area contributed by atoms with Crippen molar-refractivity contribution in [3.8, 4) is 11.4 Å². The van der Waals surface area contributed by atoms with Gasteiger partial charge in [-0.15, -0.1) is 0 Å². The molecule has 2 aromatic carbocycles. The molecule has 0 saturated heterocycles. The van der Waals surface area contributed by atoms with Crippen molar-refractivity contribution in [1.82, 2.24) is 15.2 Å². The van der Waals surface area contributed by atoms with E-state index in [1.165, 1.54) is 36.8 Å². The van der Waals surface area contributed by atoms with Crippen molar-refractivity contribution >= 4 is 11.6 Å². The molecule has 5 rings (SSSR count). The van der Waals surface area contributed by atoms with Gasteiger partial charge in [0.15, 0.2) is 5.82 Å². The molecule has 27 heavy (non-hydrogen) atoms. The Balaban J connectivity index is 1.35. The van der Waals surface area contributed by atoms with Crippen LogP contribution >= 0.6 is 0 Å². The van der Waals surface area contributed by atoms with Crippen molar-refractivity contribution in [2.45, 2.75) is 44.4 Å². The lowest BCUT2D eigenvalue weighted by Crippen LogP contribution is -2.13. The van der Waals surface area contributed by atoms with Crippen LogP contribution < -0.4 is 5.32 Å². The molecular weight excluding hydrogens is 336 g/mol. The second kappa shape index (κ2) is 6.65. The molecule has 1 saturated carbocycles. The highest BCUT2D eigenvalue weighted by atomic mass is 16.1. The van der Waals surface area contributed by atoms with E-state index in [2.05, 4.69) is 26.6 Å². The Morgan fingerprint density at radius 1 is 1.04 bits per heavy atom. The lowest BCUT2D eigenvalue weighted by molar-refractivity contribution is 0.102. The third-order valence-corrected chi connectivity index (χ3v) is 5.46. The summed E-state index contributed by atoms with van der Waals surface area (Å²) in [5.41, 5.74) is 5.08. The first-order valence-electron chi connectivity index (χ1n) is 9.72. The van der Waals surface area contributed by atoms with Crippen LogP contribution in [0.15, 0.2) is 42.5 Å². The number of H-pyrrole nitrogens is 1. The fourth-order valence-corrected chi connectivity index (χ4v) is 3.76. The number of amides is 1. The molecule has 1 aromatic heterocycles. The van der Waals surface area contributed by atoms with Gasteiger partial charge in [0.25, 0.3) is 5.91 Å². The normalized spacial score (nSPS) is 16.0. The molecule has 0 spiro atoms. The van der Waals surface area contributed by atoms with Gasteiger partial charge in [0.2, 0.25) is 0 Å². The van der Waals surface area contributed by atoms with E-state index in [-0.39, 0.29) is 5.91 Å². The van der Waals surface area contributed by atoms with Crippen molar-refractivity contribution in [3.63, 3.8) is 0 Å². The Morgan fingerprint density at radius 2 is 1.89 bits per heavy atom. The third kappa shape index (κ3) is 3.37. The SMILES string of the molecule is O=C(Nc1cccc(-c2n[nH]c(C3CC3)n2)c1)c1ccc2c(c1)CCCC2. The molecule has 2 aliphatic rings. The van der Waals surface area contributed by atoms with Crippen molar-refractivity contribution in [3.05, 3.63) is 65.0 Å². The molecule has 1 fully saturated rings. The number of anilines is 1. The van der Waals surface area contributed by atoms with E-state index >= 15 is 0 Å². The quantitative estimate of drug-likeness (QED) is 0.722. The Labute approximate surface area is 158 Å². The standard InChI is InChI=1S/C22H22N4O/c27-22(18-11-8-14-4-1-2-5-16(14)12-18)23-19-7-3-6-17(13-19)21-24-20(25-26-21)15-9-10-15/h3,6-8,11-13,15H,1-2,4-5,9-10H2,(H,23,27)(H,24,25,26). The van der Waals surface area contributed by atoms with Gasteiger partial charge in [-0.3, -0.25) is 9.89 Å². The summed E-state index contributed by atoms with van der Waals surface area (Å²) >= 11 is 0. The number of aromatic amines is 1. The predicted octanol–water partition coefficient (Wildman–Crippen LogP) is 4.48. The molecule has 3 aromatic rings. The molecule has 0 radical (unpaired) electrons. The molecule has 0 atom stereocenters. The summed E-state index contributed by atoms with van der Waals surface area (Å²) in [6.07, 6.45) is 7.02. The van der Waals surface area contributed by atoms with E-state index in [1.54, 1.807) is 0 Å². The van der Waals surface area contributed by atoms with Crippen molar-refractivity contribution < 1.29 is 4.79 Å². The zero-order valence-corrected chi connectivity index (χ0v) is 15.2. The summed E-state index contributed by atoms with van der Waals surface area (Å²) in [7, 11) is 0. The maximum atomic E-state index is 12.7. The minimum atomic E-state index is -0.0748. The Morgan fingerprint density at radius 3 is 2.74 bits per heavy atom. The smallest absolute Gasteiger partial charge is 0.255 e. The largest absolute Gasteiger partial charge is 0.322 e. The number of aryl methyl sites for hydroxylation is 2. The fraction of sp³-hybridized carbons (Fsp3) is 0.318. The van der Waals surface area contributed by atoms with Crippen LogP contribution in [0.25, 0.3) is 11.4 Å². The van der Waals surface area contributed by atoms with E-state index in [4.69, 9.17) is 0 Å². The molecule has 2 N–H and O–H groups in total. The first kappa shape index (κ1) is 16.2. The van der Waals surface area contributed by atoms with Crippen LogP contribution in [0.2, 0.25) is 0 Å². The summed E-state index contributed by atoms with van der Waals surface area (Å²) in [6.45, 7) is 0. The van der Waals surface area contributed by atoms with Crippen LogP contribution in [0.1, 0.15) is 58.9 Å². The fourth-order valence-electron chi connectivity index (χ4n) is 3.76. The van der Waals surface area contributed by atoms with Gasteiger partial charge in [0.05, 0.1) is 0 Å². The van der Waals surface area contributed by atoms with Gasteiger partial charge in [0, 0.05) is 22.7 Å². The van der Waals surface area contributed by atoms with Crippen LogP contribution in [0.3, 0.4) is 0 Å². The number of benzene rings is 2. The van der Waals surface area contributed by atoms with Gasteiger partial charge in [-0.2, -0.15) is 5.10 Å². The summed E-state index contributed by atoms with van der Waals surface area (Å²) in [6, 6.07) is 13.8. The van der Waals surface area contributed by atoms with E-state index < -0.39 is 0 Å². The molecule has 136 valence electrons. The van der Waals surface area contributed by atoms with Crippen LogP contribution in [0, 0.1) is 0 Å². The third-order valence-electron chi connectivity index (χ3n) is 5.46. The monoisotopic (exact) mass is 358 g/mol. The van der Waals surface area contributed by atoms with Gasteiger partial charge in [-0.25, -0.2) is 4.98 Å². The molecule has 1 amide bonds. The van der Waals surface area contributed by atoms with Crippen LogP contribution in [0.4, 0.5) is 5.69 Å². The van der Waals surface area contributed by atoms with E-state index in [0.29, 0.717) is 11.7 Å². The highest BCUT2D eigenvalue weighted by molar-refractivity contribution is 6.04. The Bertz CT molecular complexity index is 1000. The minimum absolute atomic E-state index is 0.0748.